The summed E-state index contributed by atoms with van der Waals surface area (Å²) in [5.74, 6) is 0. The zero-order valence-electron chi connectivity index (χ0n) is 22.0. The fourth-order valence-electron chi connectivity index (χ4n) is 5.73. The monoisotopic (exact) mass is 519 g/mol. The molecule has 2 heterocycles. The van der Waals surface area contributed by atoms with Crippen molar-refractivity contribution in [2.45, 2.75) is 19.0 Å². The zero-order valence-corrected chi connectivity index (χ0v) is 22.0. The molecule has 5 nitrogen and oxygen atoms in total. The minimum absolute atomic E-state index is 0.339. The first kappa shape index (κ1) is 23.9. The number of benzene rings is 4. The first-order chi connectivity index (χ1) is 19.8. The van der Waals surface area contributed by atoms with Crippen LogP contribution in [0.1, 0.15) is 28.8 Å². The molecule has 1 aliphatic carbocycles. The molecule has 0 spiro atoms. The van der Waals surface area contributed by atoms with Crippen molar-refractivity contribution in [2.75, 3.05) is 5.32 Å². The van der Waals surface area contributed by atoms with Gasteiger partial charge in [0.25, 0.3) is 0 Å². The Morgan fingerprint density at radius 2 is 1.55 bits per heavy atom. The largest absolute Gasteiger partial charge is 0.360 e. The van der Waals surface area contributed by atoms with Gasteiger partial charge in [0, 0.05) is 45.4 Å². The van der Waals surface area contributed by atoms with Gasteiger partial charge in [0.1, 0.15) is 11.9 Å². The van der Waals surface area contributed by atoms with E-state index in [0.717, 1.165) is 46.7 Å². The van der Waals surface area contributed by atoms with Gasteiger partial charge in [0.05, 0.1) is 16.9 Å². The Morgan fingerprint density at radius 3 is 2.33 bits per heavy atom. The molecule has 0 saturated heterocycles. The summed E-state index contributed by atoms with van der Waals surface area (Å²) in [5.41, 5.74) is 10.5. The van der Waals surface area contributed by atoms with Gasteiger partial charge in [0.15, 0.2) is 0 Å². The lowest BCUT2D eigenvalue weighted by Crippen LogP contribution is -2.45. The molecular weight excluding hydrogens is 490 g/mol. The Hall–Kier alpha value is -5.16. The second-order valence-electron chi connectivity index (χ2n) is 10.1. The molecule has 0 radical (unpaired) electrons. The van der Waals surface area contributed by atoms with Crippen molar-refractivity contribution < 1.29 is 0 Å². The number of nitrogens with zero attached hydrogens (tertiary/aromatic N) is 2. The van der Waals surface area contributed by atoms with Gasteiger partial charge in [-0.2, -0.15) is 0 Å². The van der Waals surface area contributed by atoms with Gasteiger partial charge in [0.2, 0.25) is 0 Å². The van der Waals surface area contributed by atoms with E-state index in [-0.39, 0.29) is 6.17 Å². The molecule has 1 atom stereocenters. The van der Waals surface area contributed by atoms with Gasteiger partial charge in [-0.1, -0.05) is 91.0 Å². The van der Waals surface area contributed by atoms with Crippen LogP contribution in [0.15, 0.2) is 120 Å². The number of aromatic nitrogens is 1. The van der Waals surface area contributed by atoms with E-state index < -0.39 is 0 Å². The van der Waals surface area contributed by atoms with E-state index in [1.165, 1.54) is 28.4 Å². The maximum atomic E-state index is 8.10. The fourth-order valence-corrected chi connectivity index (χ4v) is 5.73. The number of hydrogen-bond donors (Lipinski definition) is 3. The summed E-state index contributed by atoms with van der Waals surface area (Å²) in [4.78, 5) is 4.99. The minimum Gasteiger partial charge on any atom is -0.360 e. The number of hydrogen-bond acceptors (Lipinski definition) is 4. The van der Waals surface area contributed by atoms with Crippen molar-refractivity contribution >= 4 is 46.0 Å². The van der Waals surface area contributed by atoms with Gasteiger partial charge in [-0.25, -0.2) is 4.99 Å². The Bertz CT molecular complexity index is 1790. The van der Waals surface area contributed by atoms with Crippen molar-refractivity contribution in [3.63, 3.8) is 0 Å². The molecule has 1 aliphatic heterocycles. The van der Waals surface area contributed by atoms with E-state index >= 15 is 0 Å². The van der Waals surface area contributed by atoms with E-state index in [4.69, 9.17) is 10.4 Å². The SMILES string of the molecule is N=CC1=NC(c2ccccc2)=C(c2ccc(-n3c4c(c5ccccc53)C=CCC4)cc2)NC1Nc1ccccc1. The number of nitrogens with one attached hydrogen (secondary N) is 3. The molecule has 1 aromatic heterocycles. The molecule has 5 heteroatoms. The summed E-state index contributed by atoms with van der Waals surface area (Å²) in [6.45, 7) is 0. The van der Waals surface area contributed by atoms with Crippen molar-refractivity contribution in [3.8, 4) is 5.69 Å². The highest BCUT2D eigenvalue weighted by Gasteiger charge is 2.25. The van der Waals surface area contributed by atoms with Crippen LogP contribution in [-0.2, 0) is 6.42 Å². The molecule has 0 bridgehead atoms. The van der Waals surface area contributed by atoms with Crippen LogP contribution < -0.4 is 10.6 Å². The number of para-hydroxylation sites is 2. The van der Waals surface area contributed by atoms with E-state index in [0.29, 0.717) is 5.71 Å². The second kappa shape index (κ2) is 10.2. The van der Waals surface area contributed by atoms with Gasteiger partial charge in [-0.3, -0.25) is 0 Å². The van der Waals surface area contributed by atoms with Gasteiger partial charge in [-0.15, -0.1) is 0 Å². The molecule has 4 aromatic carbocycles. The van der Waals surface area contributed by atoms with Gasteiger partial charge < -0.3 is 20.6 Å². The first-order valence-electron chi connectivity index (χ1n) is 13.7. The lowest BCUT2D eigenvalue weighted by atomic mass is 10.0. The summed E-state index contributed by atoms with van der Waals surface area (Å²) in [5, 5.41) is 16.6. The van der Waals surface area contributed by atoms with Gasteiger partial charge >= 0.3 is 0 Å². The molecule has 0 saturated carbocycles. The number of aliphatic imine (C=N–C) groups is 1. The van der Waals surface area contributed by atoms with Crippen LogP contribution in [0.25, 0.3) is 34.1 Å². The van der Waals surface area contributed by atoms with Crippen LogP contribution in [0.3, 0.4) is 0 Å². The summed E-state index contributed by atoms with van der Waals surface area (Å²) in [6, 6.07) is 37.6. The number of anilines is 1. The Labute approximate surface area is 233 Å². The van der Waals surface area contributed by atoms with E-state index in [1.807, 2.05) is 48.5 Å². The molecule has 0 fully saturated rings. The number of fused-ring (bicyclic) bond motifs is 3. The molecule has 5 aromatic rings. The third kappa shape index (κ3) is 4.22. The predicted molar refractivity (Wildman–Crippen MR) is 167 cm³/mol. The zero-order chi connectivity index (χ0) is 26.9. The Balaban J connectivity index is 1.32. The van der Waals surface area contributed by atoms with Crippen LogP contribution >= 0.6 is 0 Å². The van der Waals surface area contributed by atoms with E-state index in [2.05, 4.69) is 88.0 Å². The van der Waals surface area contributed by atoms with Crippen LogP contribution in [0.4, 0.5) is 5.69 Å². The normalized spacial score (nSPS) is 16.3. The van der Waals surface area contributed by atoms with Crippen molar-refractivity contribution in [3.05, 3.63) is 138 Å². The third-order valence-electron chi connectivity index (χ3n) is 7.60. The fraction of sp³-hybridized carbons (Fsp3) is 0.0857. The maximum absolute atomic E-state index is 8.10. The van der Waals surface area contributed by atoms with Gasteiger partial charge in [-0.05, 0) is 43.2 Å². The van der Waals surface area contributed by atoms with Crippen LogP contribution in [0, 0.1) is 5.41 Å². The lowest BCUT2D eigenvalue weighted by Gasteiger charge is -2.29. The minimum atomic E-state index is -0.339. The number of allylic oxidation sites excluding steroid dienone is 1. The summed E-state index contributed by atoms with van der Waals surface area (Å²) >= 11 is 0. The molecule has 3 N–H and O–H groups in total. The topological polar surface area (TPSA) is 65.2 Å². The molecule has 1 unspecified atom stereocenters. The maximum Gasteiger partial charge on any atom is 0.142 e. The van der Waals surface area contributed by atoms with E-state index in [9.17, 15) is 0 Å². The van der Waals surface area contributed by atoms with Crippen LogP contribution in [-0.4, -0.2) is 22.7 Å². The quantitative estimate of drug-likeness (QED) is 0.203. The summed E-state index contributed by atoms with van der Waals surface area (Å²) in [6.07, 6.45) is 7.62. The Morgan fingerprint density at radius 1 is 0.825 bits per heavy atom. The molecule has 2 aliphatic rings. The van der Waals surface area contributed by atoms with Crippen molar-refractivity contribution in [1.82, 2.24) is 9.88 Å². The average molecular weight is 520 g/mol. The smallest absolute Gasteiger partial charge is 0.142 e. The molecule has 7 rings (SSSR count). The third-order valence-corrected chi connectivity index (χ3v) is 7.60. The summed E-state index contributed by atoms with van der Waals surface area (Å²) in [7, 11) is 0. The van der Waals surface area contributed by atoms with E-state index in [1.54, 1.807) is 0 Å². The standard InChI is InChI=1S/C35H29N5/c36-23-30-35(37-26-13-5-2-6-14-26)39-34(33(38-30)24-11-3-1-4-12-24)25-19-21-27(22-20-25)40-31-17-9-7-15-28(31)29-16-8-10-18-32(29)40/h1-9,11-17,19-23,35-37,39H,10,18H2. The molecular formula is C35H29N5. The highest BCUT2D eigenvalue weighted by molar-refractivity contribution is 6.34. The highest BCUT2D eigenvalue weighted by atomic mass is 15.2. The molecule has 0 amide bonds. The molecule has 40 heavy (non-hydrogen) atoms. The predicted octanol–water partition coefficient (Wildman–Crippen LogP) is 7.55. The Kier molecular flexibility index (Phi) is 6.09. The lowest BCUT2D eigenvalue weighted by molar-refractivity contribution is 0.835. The molecule has 194 valence electrons. The summed E-state index contributed by atoms with van der Waals surface area (Å²) < 4.78 is 2.41. The second-order valence-corrected chi connectivity index (χ2v) is 10.1. The first-order valence-corrected chi connectivity index (χ1v) is 13.7. The van der Waals surface area contributed by atoms with Crippen molar-refractivity contribution in [2.24, 2.45) is 4.99 Å². The number of rotatable bonds is 6. The highest BCUT2D eigenvalue weighted by Crippen LogP contribution is 2.35. The van der Waals surface area contributed by atoms with Crippen LogP contribution in [0.5, 0.6) is 0 Å². The van der Waals surface area contributed by atoms with Crippen molar-refractivity contribution in [1.29, 1.82) is 5.41 Å². The van der Waals surface area contributed by atoms with Crippen LogP contribution in [0.2, 0.25) is 0 Å². The average Bonchev–Trinajstić information content (AvgIpc) is 3.36.